The third-order valence-corrected chi connectivity index (χ3v) is 6.70. The van der Waals surface area contributed by atoms with Gasteiger partial charge in [0.1, 0.15) is 11.5 Å². The minimum Gasteiger partial charge on any atom is -0.492 e. The summed E-state index contributed by atoms with van der Waals surface area (Å²) >= 11 is 11.9. The molecule has 2 aromatic rings. The van der Waals surface area contributed by atoms with Gasteiger partial charge in [-0.2, -0.15) is 4.31 Å². The van der Waals surface area contributed by atoms with Gasteiger partial charge in [-0.25, -0.2) is 8.42 Å². The zero-order valence-electron chi connectivity index (χ0n) is 16.9. The van der Waals surface area contributed by atoms with Crippen LogP contribution in [0.3, 0.4) is 0 Å². The quantitative estimate of drug-likeness (QED) is 0.549. The second kappa shape index (κ2) is 10.9. The van der Waals surface area contributed by atoms with Crippen molar-refractivity contribution in [3.8, 4) is 11.5 Å². The maximum atomic E-state index is 12.8. The van der Waals surface area contributed by atoms with E-state index in [9.17, 15) is 13.2 Å². The lowest BCUT2D eigenvalue weighted by molar-refractivity contribution is -0.118. The Balaban J connectivity index is 2.22. The summed E-state index contributed by atoms with van der Waals surface area (Å²) in [6.45, 7) is 6.00. The van der Waals surface area contributed by atoms with Gasteiger partial charge in [0.05, 0.1) is 22.2 Å². The molecule has 0 spiro atoms. The van der Waals surface area contributed by atoms with E-state index >= 15 is 0 Å². The van der Waals surface area contributed by atoms with Crippen molar-refractivity contribution in [2.75, 3.05) is 31.6 Å². The van der Waals surface area contributed by atoms with E-state index in [0.717, 1.165) is 0 Å². The molecule has 0 saturated heterocycles. The van der Waals surface area contributed by atoms with Crippen LogP contribution in [0.1, 0.15) is 20.8 Å². The van der Waals surface area contributed by atoms with Gasteiger partial charge in [-0.3, -0.25) is 4.79 Å². The summed E-state index contributed by atoms with van der Waals surface area (Å²) < 4.78 is 37.9. The number of anilines is 1. The maximum Gasteiger partial charge on any atom is 0.262 e. The number of amides is 1. The van der Waals surface area contributed by atoms with Gasteiger partial charge in [-0.05, 0) is 43.3 Å². The van der Waals surface area contributed by atoms with Crippen molar-refractivity contribution in [3.63, 3.8) is 0 Å². The van der Waals surface area contributed by atoms with E-state index in [1.807, 2.05) is 0 Å². The summed E-state index contributed by atoms with van der Waals surface area (Å²) in [7, 11) is -3.69. The number of carbonyl (C=O) groups excluding carboxylic acids is 1. The van der Waals surface area contributed by atoms with Crippen LogP contribution in [0.2, 0.25) is 10.0 Å². The number of nitrogens with one attached hydrogen (secondary N) is 1. The van der Waals surface area contributed by atoms with Gasteiger partial charge in [0.15, 0.2) is 6.61 Å². The molecule has 0 saturated carbocycles. The van der Waals surface area contributed by atoms with Crippen LogP contribution in [-0.2, 0) is 14.8 Å². The highest BCUT2D eigenvalue weighted by Gasteiger charge is 2.23. The van der Waals surface area contributed by atoms with Crippen LogP contribution < -0.4 is 14.8 Å². The number of hydrogen-bond acceptors (Lipinski definition) is 5. The van der Waals surface area contributed by atoms with Crippen LogP contribution >= 0.6 is 23.2 Å². The van der Waals surface area contributed by atoms with Crippen molar-refractivity contribution in [1.82, 2.24) is 4.31 Å². The summed E-state index contributed by atoms with van der Waals surface area (Å²) in [5.41, 5.74) is 0.237. The highest BCUT2D eigenvalue weighted by atomic mass is 35.5. The number of halogens is 2. The van der Waals surface area contributed by atoms with Crippen molar-refractivity contribution < 1.29 is 22.7 Å². The molecule has 0 aliphatic carbocycles. The van der Waals surface area contributed by atoms with E-state index in [1.54, 1.807) is 32.9 Å². The molecule has 1 N–H and O–H groups in total. The highest BCUT2D eigenvalue weighted by molar-refractivity contribution is 7.89. The summed E-state index contributed by atoms with van der Waals surface area (Å²) in [6, 6.07) is 9.01. The van der Waals surface area contributed by atoms with Crippen molar-refractivity contribution in [2.45, 2.75) is 25.7 Å². The number of sulfonamides is 1. The second-order valence-electron chi connectivity index (χ2n) is 6.09. The molecule has 0 heterocycles. The fourth-order valence-corrected chi connectivity index (χ4v) is 4.63. The Kier molecular flexibility index (Phi) is 8.78. The van der Waals surface area contributed by atoms with Gasteiger partial charge < -0.3 is 14.8 Å². The molecule has 2 aromatic carbocycles. The van der Waals surface area contributed by atoms with Crippen molar-refractivity contribution in [2.24, 2.45) is 0 Å². The topological polar surface area (TPSA) is 84.9 Å². The van der Waals surface area contributed by atoms with Gasteiger partial charge in [-0.15, -0.1) is 0 Å². The molecule has 1 amide bonds. The average Bonchev–Trinajstić information content (AvgIpc) is 2.69. The summed E-state index contributed by atoms with van der Waals surface area (Å²) in [4.78, 5) is 12.5. The molecule has 164 valence electrons. The zero-order chi connectivity index (χ0) is 22.3. The molecule has 30 heavy (non-hydrogen) atoms. The molecule has 0 aliphatic heterocycles. The van der Waals surface area contributed by atoms with Crippen LogP contribution in [0.4, 0.5) is 5.69 Å². The normalized spacial score (nSPS) is 11.4. The van der Waals surface area contributed by atoms with Gasteiger partial charge in [0.2, 0.25) is 10.0 Å². The lowest BCUT2D eigenvalue weighted by Crippen LogP contribution is -2.30. The fraction of sp³-hybridized carbons (Fsp3) is 0.350. The number of ether oxygens (including phenoxy) is 2. The van der Waals surface area contributed by atoms with Crippen LogP contribution in [0.25, 0.3) is 0 Å². The average molecular weight is 475 g/mol. The third kappa shape index (κ3) is 6.01. The Morgan fingerprint density at radius 1 is 1.00 bits per heavy atom. The lowest BCUT2D eigenvalue weighted by atomic mass is 10.3. The minimum absolute atomic E-state index is 0.0617. The predicted octanol–water partition coefficient (Wildman–Crippen LogP) is 4.44. The third-order valence-electron chi connectivity index (χ3n) is 4.12. The first-order chi connectivity index (χ1) is 14.2. The Bertz CT molecular complexity index is 995. The monoisotopic (exact) mass is 474 g/mol. The molecule has 0 fully saturated rings. The molecule has 0 unspecified atom stereocenters. The molecular weight excluding hydrogens is 451 g/mol. The Labute approximate surface area is 186 Å². The second-order valence-corrected chi connectivity index (χ2v) is 8.87. The first-order valence-corrected chi connectivity index (χ1v) is 11.6. The molecule has 0 aliphatic rings. The molecule has 0 radical (unpaired) electrons. The van der Waals surface area contributed by atoms with E-state index < -0.39 is 15.9 Å². The van der Waals surface area contributed by atoms with Gasteiger partial charge >= 0.3 is 0 Å². The molecule has 0 bridgehead atoms. The molecule has 10 heteroatoms. The number of nitrogens with zero attached hydrogens (tertiary/aromatic N) is 1. The van der Waals surface area contributed by atoms with Crippen molar-refractivity contribution in [3.05, 3.63) is 46.4 Å². The van der Waals surface area contributed by atoms with Crippen molar-refractivity contribution >= 4 is 44.8 Å². The number of hydrogen-bond donors (Lipinski definition) is 1. The largest absolute Gasteiger partial charge is 0.492 e. The molecule has 7 nitrogen and oxygen atoms in total. The van der Waals surface area contributed by atoms with Gasteiger partial charge in [0, 0.05) is 18.1 Å². The number of benzene rings is 2. The number of rotatable bonds is 10. The van der Waals surface area contributed by atoms with Crippen LogP contribution in [0.15, 0.2) is 41.3 Å². The zero-order valence-corrected chi connectivity index (χ0v) is 19.3. The van der Waals surface area contributed by atoms with Crippen LogP contribution in [0, 0.1) is 0 Å². The Hall–Kier alpha value is -2.00. The van der Waals surface area contributed by atoms with E-state index in [4.69, 9.17) is 32.7 Å². The smallest absolute Gasteiger partial charge is 0.262 e. The standard InChI is InChI=1S/C20H24Cl2N2O5S/c1-4-24(5-2)30(26,27)15-8-10-19(28-6-3)17(12-15)23-20(25)13-29-18-9-7-14(21)11-16(18)22/h7-12H,4-6,13H2,1-3H3,(H,23,25). The van der Waals surface area contributed by atoms with Gasteiger partial charge in [-0.1, -0.05) is 37.0 Å². The first kappa shape index (κ1) is 24.3. The lowest BCUT2D eigenvalue weighted by Gasteiger charge is -2.20. The van der Waals surface area contributed by atoms with Crippen molar-refractivity contribution in [1.29, 1.82) is 0 Å². The molecule has 0 atom stereocenters. The van der Waals surface area contributed by atoms with Crippen LogP contribution in [-0.4, -0.2) is 44.9 Å². The predicted molar refractivity (Wildman–Crippen MR) is 118 cm³/mol. The maximum absolute atomic E-state index is 12.8. The summed E-state index contributed by atoms with van der Waals surface area (Å²) in [5, 5.41) is 3.37. The molecule has 2 rings (SSSR count). The highest BCUT2D eigenvalue weighted by Crippen LogP contribution is 2.30. The van der Waals surface area contributed by atoms with E-state index in [2.05, 4.69) is 5.32 Å². The summed E-state index contributed by atoms with van der Waals surface area (Å²) in [6.07, 6.45) is 0. The fourth-order valence-electron chi connectivity index (χ4n) is 2.68. The Morgan fingerprint density at radius 2 is 1.67 bits per heavy atom. The first-order valence-electron chi connectivity index (χ1n) is 9.37. The molecule has 0 aromatic heterocycles. The Morgan fingerprint density at radius 3 is 2.27 bits per heavy atom. The van der Waals surface area contributed by atoms with Crippen LogP contribution in [0.5, 0.6) is 11.5 Å². The van der Waals surface area contributed by atoms with E-state index in [1.165, 1.54) is 28.6 Å². The SMILES string of the molecule is CCOc1ccc(S(=O)(=O)N(CC)CC)cc1NC(=O)COc1ccc(Cl)cc1Cl. The van der Waals surface area contributed by atoms with E-state index in [0.29, 0.717) is 36.2 Å². The van der Waals surface area contributed by atoms with Gasteiger partial charge in [0.25, 0.3) is 5.91 Å². The molecular formula is C20H24Cl2N2O5S. The summed E-state index contributed by atoms with van der Waals surface area (Å²) in [5.74, 6) is 0.160. The number of carbonyl (C=O) groups is 1. The van der Waals surface area contributed by atoms with E-state index in [-0.39, 0.29) is 22.2 Å². The minimum atomic E-state index is -3.69.